The lowest BCUT2D eigenvalue weighted by Gasteiger charge is -2.17. The van der Waals surface area contributed by atoms with Gasteiger partial charge in [-0.1, -0.05) is 18.2 Å². The fourth-order valence-electron chi connectivity index (χ4n) is 3.94. The van der Waals surface area contributed by atoms with Crippen LogP contribution in [0.2, 0.25) is 0 Å². The normalized spacial score (nSPS) is 16.4. The fraction of sp³-hybridized carbons (Fsp3) is 0.167. The third-order valence-corrected chi connectivity index (χ3v) is 5.53. The number of nitrogens with one attached hydrogen (secondary N) is 1. The summed E-state index contributed by atoms with van der Waals surface area (Å²) in [4.78, 5) is 26.9. The smallest absolute Gasteiger partial charge is 0.229 e. The van der Waals surface area contributed by atoms with Crippen molar-refractivity contribution in [1.82, 2.24) is 0 Å². The maximum absolute atomic E-state index is 12.8. The molecule has 0 saturated carbocycles. The highest BCUT2D eigenvalue weighted by molar-refractivity contribution is 6.07. The average Bonchev–Trinajstić information content (AvgIpc) is 3.34. The second kappa shape index (κ2) is 7.22. The van der Waals surface area contributed by atoms with E-state index in [1.54, 1.807) is 24.1 Å². The summed E-state index contributed by atoms with van der Waals surface area (Å²) in [6, 6.07) is 20.7. The maximum Gasteiger partial charge on any atom is 0.229 e. The number of fused-ring (bicyclic) bond motifs is 3. The molecule has 30 heavy (non-hydrogen) atoms. The van der Waals surface area contributed by atoms with Gasteiger partial charge >= 0.3 is 0 Å². The molecule has 0 aliphatic carbocycles. The Kier molecular flexibility index (Phi) is 4.39. The van der Waals surface area contributed by atoms with Gasteiger partial charge in [-0.2, -0.15) is 0 Å². The van der Waals surface area contributed by atoms with Gasteiger partial charge in [0.15, 0.2) is 0 Å². The number of methoxy groups -OCH3 is 1. The minimum Gasteiger partial charge on any atom is -0.497 e. The molecule has 1 unspecified atom stereocenters. The van der Waals surface area contributed by atoms with E-state index in [1.165, 1.54) is 0 Å². The molecule has 2 amide bonds. The molecule has 0 bridgehead atoms. The molecular weight excluding hydrogens is 380 g/mol. The summed E-state index contributed by atoms with van der Waals surface area (Å²) in [5, 5.41) is 4.98. The van der Waals surface area contributed by atoms with Crippen LogP contribution in [0, 0.1) is 5.92 Å². The van der Waals surface area contributed by atoms with Crippen molar-refractivity contribution in [1.29, 1.82) is 0 Å². The highest BCUT2D eigenvalue weighted by Crippen LogP contribution is 2.31. The number of hydrogen-bond donors (Lipinski definition) is 1. The van der Waals surface area contributed by atoms with E-state index in [9.17, 15) is 9.59 Å². The number of hydrogen-bond acceptors (Lipinski definition) is 4. The van der Waals surface area contributed by atoms with Gasteiger partial charge in [-0.05, 0) is 42.5 Å². The number of rotatable bonds is 4. The van der Waals surface area contributed by atoms with E-state index in [-0.39, 0.29) is 18.2 Å². The molecule has 1 atom stereocenters. The Morgan fingerprint density at radius 3 is 2.60 bits per heavy atom. The molecule has 0 radical (unpaired) electrons. The predicted molar refractivity (Wildman–Crippen MR) is 116 cm³/mol. The second-order valence-corrected chi connectivity index (χ2v) is 7.40. The van der Waals surface area contributed by atoms with Crippen LogP contribution in [-0.2, 0) is 9.59 Å². The van der Waals surface area contributed by atoms with Crippen LogP contribution in [0.15, 0.2) is 71.1 Å². The number of ether oxygens (including phenoxy) is 1. The number of amides is 2. The maximum atomic E-state index is 12.8. The largest absolute Gasteiger partial charge is 0.497 e. The van der Waals surface area contributed by atoms with Gasteiger partial charge in [-0.15, -0.1) is 0 Å². The Morgan fingerprint density at radius 1 is 1.03 bits per heavy atom. The van der Waals surface area contributed by atoms with Crippen LogP contribution >= 0.6 is 0 Å². The molecule has 3 aromatic carbocycles. The van der Waals surface area contributed by atoms with Crippen molar-refractivity contribution >= 4 is 45.1 Å². The summed E-state index contributed by atoms with van der Waals surface area (Å²) < 4.78 is 11.0. The minimum absolute atomic E-state index is 0.0620. The Morgan fingerprint density at radius 2 is 1.80 bits per heavy atom. The van der Waals surface area contributed by atoms with Crippen LogP contribution in [0.5, 0.6) is 5.75 Å². The molecule has 1 aliphatic heterocycles. The highest BCUT2D eigenvalue weighted by Gasteiger charge is 2.35. The van der Waals surface area contributed by atoms with E-state index < -0.39 is 5.92 Å². The molecule has 1 aromatic heterocycles. The van der Waals surface area contributed by atoms with Crippen LogP contribution in [0.4, 0.5) is 11.4 Å². The summed E-state index contributed by atoms with van der Waals surface area (Å²) in [7, 11) is 1.60. The summed E-state index contributed by atoms with van der Waals surface area (Å²) in [6.07, 6.45) is 0.185. The van der Waals surface area contributed by atoms with Crippen molar-refractivity contribution in [2.45, 2.75) is 6.42 Å². The van der Waals surface area contributed by atoms with E-state index in [1.807, 2.05) is 54.6 Å². The van der Waals surface area contributed by atoms with Gasteiger partial charge in [-0.3, -0.25) is 9.59 Å². The topological polar surface area (TPSA) is 71.8 Å². The number of carbonyl (C=O) groups is 2. The first-order chi connectivity index (χ1) is 14.6. The van der Waals surface area contributed by atoms with Gasteiger partial charge in [-0.25, -0.2) is 0 Å². The molecule has 1 fully saturated rings. The molecular formula is C24H20N2O4. The summed E-state index contributed by atoms with van der Waals surface area (Å²) in [5.41, 5.74) is 2.95. The van der Waals surface area contributed by atoms with Crippen LogP contribution in [0.3, 0.4) is 0 Å². The lowest BCUT2D eigenvalue weighted by atomic mass is 10.1. The summed E-state index contributed by atoms with van der Waals surface area (Å²) in [5.74, 6) is 0.0783. The SMILES string of the molecule is COc1ccc(N2CC(C(=O)Nc3ccc4c(c3)oc3ccccc34)CC2=O)cc1. The first-order valence-electron chi connectivity index (χ1n) is 9.79. The predicted octanol–water partition coefficient (Wildman–Crippen LogP) is 4.59. The molecule has 2 heterocycles. The van der Waals surface area contributed by atoms with Gasteiger partial charge in [0, 0.05) is 41.2 Å². The second-order valence-electron chi connectivity index (χ2n) is 7.40. The van der Waals surface area contributed by atoms with Gasteiger partial charge in [0.25, 0.3) is 0 Å². The fourth-order valence-corrected chi connectivity index (χ4v) is 3.94. The Hall–Kier alpha value is -3.80. The van der Waals surface area contributed by atoms with Crippen LogP contribution in [0.25, 0.3) is 21.9 Å². The van der Waals surface area contributed by atoms with Crippen molar-refractivity contribution in [3.05, 3.63) is 66.7 Å². The lowest BCUT2D eigenvalue weighted by molar-refractivity contribution is -0.122. The molecule has 5 rings (SSSR count). The Bertz CT molecular complexity index is 1260. The summed E-state index contributed by atoms with van der Waals surface area (Å²) in [6.45, 7) is 0.351. The highest BCUT2D eigenvalue weighted by atomic mass is 16.5. The van der Waals surface area contributed by atoms with Gasteiger partial charge < -0.3 is 19.4 Å². The van der Waals surface area contributed by atoms with Gasteiger partial charge in [0.1, 0.15) is 16.9 Å². The molecule has 0 spiro atoms. The number of anilines is 2. The van der Waals surface area contributed by atoms with E-state index in [0.29, 0.717) is 12.2 Å². The lowest BCUT2D eigenvalue weighted by Crippen LogP contribution is -2.28. The standard InChI is InChI=1S/C24H20N2O4/c1-29-18-9-7-17(8-10-18)26-14-15(12-23(26)27)24(28)25-16-6-11-20-19-4-2-3-5-21(19)30-22(20)13-16/h2-11,13,15H,12,14H2,1H3,(H,25,28). The van der Waals surface area contributed by atoms with Crippen LogP contribution in [0.1, 0.15) is 6.42 Å². The van der Waals surface area contributed by atoms with E-state index in [0.717, 1.165) is 33.4 Å². The zero-order valence-corrected chi connectivity index (χ0v) is 16.4. The quantitative estimate of drug-likeness (QED) is 0.544. The number of para-hydroxylation sites is 1. The van der Waals surface area contributed by atoms with Crippen molar-refractivity contribution in [2.75, 3.05) is 23.9 Å². The Balaban J connectivity index is 1.32. The molecule has 1 N–H and O–H groups in total. The van der Waals surface area contributed by atoms with Gasteiger partial charge in [0.2, 0.25) is 11.8 Å². The van der Waals surface area contributed by atoms with E-state index in [2.05, 4.69) is 5.32 Å². The number of furan rings is 1. The molecule has 1 aliphatic rings. The van der Waals surface area contributed by atoms with Crippen molar-refractivity contribution in [3.63, 3.8) is 0 Å². The number of carbonyl (C=O) groups excluding carboxylic acids is 2. The van der Waals surface area contributed by atoms with Gasteiger partial charge in [0.05, 0.1) is 13.0 Å². The average molecular weight is 400 g/mol. The van der Waals surface area contributed by atoms with E-state index in [4.69, 9.17) is 9.15 Å². The number of benzene rings is 3. The molecule has 4 aromatic rings. The monoisotopic (exact) mass is 400 g/mol. The zero-order chi connectivity index (χ0) is 20.7. The van der Waals surface area contributed by atoms with Crippen molar-refractivity contribution < 1.29 is 18.7 Å². The first kappa shape index (κ1) is 18.2. The number of nitrogens with zero attached hydrogens (tertiary/aromatic N) is 1. The zero-order valence-electron chi connectivity index (χ0n) is 16.4. The Labute approximate surface area is 173 Å². The van der Waals surface area contributed by atoms with Crippen LogP contribution < -0.4 is 15.0 Å². The molecule has 6 nitrogen and oxygen atoms in total. The summed E-state index contributed by atoms with van der Waals surface area (Å²) >= 11 is 0. The minimum atomic E-state index is -0.411. The van der Waals surface area contributed by atoms with Crippen LogP contribution in [-0.4, -0.2) is 25.5 Å². The van der Waals surface area contributed by atoms with Crippen molar-refractivity contribution in [3.8, 4) is 5.75 Å². The molecule has 6 heteroatoms. The van der Waals surface area contributed by atoms with E-state index >= 15 is 0 Å². The van der Waals surface area contributed by atoms with Crippen molar-refractivity contribution in [2.24, 2.45) is 5.92 Å². The third kappa shape index (κ3) is 3.16. The molecule has 150 valence electrons. The third-order valence-electron chi connectivity index (χ3n) is 5.53. The first-order valence-corrected chi connectivity index (χ1v) is 9.79. The molecule has 1 saturated heterocycles.